The van der Waals surface area contributed by atoms with Crippen LogP contribution in [0.2, 0.25) is 5.02 Å². The fourth-order valence-electron chi connectivity index (χ4n) is 3.83. The van der Waals surface area contributed by atoms with Crippen molar-refractivity contribution in [1.29, 1.82) is 0 Å². The number of likely N-dealkylation sites (N-methyl/N-ethyl adjacent to an activating group) is 1. The fourth-order valence-corrected chi connectivity index (χ4v) is 4.93. The van der Waals surface area contributed by atoms with E-state index in [0.29, 0.717) is 5.02 Å². The van der Waals surface area contributed by atoms with E-state index in [1.807, 2.05) is 10.0 Å². The van der Waals surface area contributed by atoms with Crippen molar-refractivity contribution < 1.29 is 45.6 Å². The highest BCUT2D eigenvalue weighted by Crippen LogP contribution is 2.21. The first-order valence-electron chi connectivity index (χ1n) is 13.1. The summed E-state index contributed by atoms with van der Waals surface area (Å²) in [5.74, 6) is -6.90. The molecule has 0 saturated carbocycles. The highest BCUT2D eigenvalue weighted by Gasteiger charge is 2.45. The highest BCUT2D eigenvalue weighted by molar-refractivity contribution is 7.90. The van der Waals surface area contributed by atoms with E-state index in [0.717, 1.165) is 4.90 Å². The first-order chi connectivity index (χ1) is 20.2. The molecule has 0 heterocycles. The molecule has 4 amide bonds. The van der Waals surface area contributed by atoms with Gasteiger partial charge in [-0.25, -0.2) is 13.1 Å². The molecule has 2 aromatic rings. The van der Waals surface area contributed by atoms with Gasteiger partial charge in [0, 0.05) is 23.2 Å². The molecule has 1 unspecified atom stereocenters. The molecule has 2 aromatic carbocycles. The minimum atomic E-state index is -5.16. The number of alkyl halides is 3. The van der Waals surface area contributed by atoms with Gasteiger partial charge in [-0.2, -0.15) is 13.2 Å². The van der Waals surface area contributed by atoms with Crippen LogP contribution in [-0.4, -0.2) is 74.6 Å². The van der Waals surface area contributed by atoms with Gasteiger partial charge in [-0.15, -0.1) is 0 Å². The van der Waals surface area contributed by atoms with Crippen LogP contribution in [0.1, 0.15) is 48.4 Å². The third kappa shape index (κ3) is 9.77. The maximum atomic E-state index is 13.1. The number of Topliss-reactive ketones (excluding diaryl/α,β-unsaturated/α-hetero) is 1. The van der Waals surface area contributed by atoms with Crippen molar-refractivity contribution in [2.45, 2.75) is 50.9 Å². The number of halogens is 4. The first kappa shape index (κ1) is 36.2. The van der Waals surface area contributed by atoms with Gasteiger partial charge in [0.15, 0.2) is 0 Å². The van der Waals surface area contributed by atoms with Crippen LogP contribution in [-0.2, 0) is 24.4 Å². The number of hydrogen-bond acceptors (Lipinski definition) is 7. The number of nitrogens with one attached hydrogen (secondary N) is 3. The van der Waals surface area contributed by atoms with Gasteiger partial charge in [-0.05, 0) is 60.4 Å². The number of sulfonamides is 1. The number of amides is 4. The lowest BCUT2D eigenvalue weighted by Crippen LogP contribution is -2.54. The Morgan fingerprint density at radius 1 is 0.795 bits per heavy atom. The first-order valence-corrected chi connectivity index (χ1v) is 15.0. The maximum Gasteiger partial charge on any atom is 0.452 e. The Labute approximate surface area is 257 Å². The lowest BCUT2D eigenvalue weighted by Gasteiger charge is -2.28. The minimum absolute atomic E-state index is 0.0198. The second-order valence-electron chi connectivity index (χ2n) is 10.5. The van der Waals surface area contributed by atoms with E-state index in [1.165, 1.54) is 69.4 Å². The summed E-state index contributed by atoms with van der Waals surface area (Å²) in [5, 5.41) is 4.85. The summed E-state index contributed by atoms with van der Waals surface area (Å²) in [6.45, 7) is 5.20. The van der Waals surface area contributed by atoms with Crippen molar-refractivity contribution in [3.05, 3.63) is 64.7 Å². The molecule has 0 aliphatic rings. The molecular formula is C28H32ClF3N4O7S. The number of nitrogens with zero attached hydrogens (tertiary/aromatic N) is 1. The normalized spacial score (nSPS) is 13.2. The highest BCUT2D eigenvalue weighted by atomic mass is 35.5. The maximum absolute atomic E-state index is 13.1. The molecule has 0 radical (unpaired) electrons. The number of ketones is 1. The third-order valence-electron chi connectivity index (χ3n) is 6.28. The average molecular weight is 661 g/mol. The standard InChI is InChI=1S/C28H32ClF3N4O7S/c1-15(2)22(24(38)28(30,31)32)33-21(37)14-36(5)27(41)23(16(3)4)34-25(39)17-6-8-18(9-7-17)26(40)35-44(42,43)20-12-10-19(29)11-13-20/h6-13,15-16,22-23H,14H2,1-5H3,(H,33,37)(H,34,39)(H,35,40)/t22?,23-/m0/s1. The Bertz CT molecular complexity index is 1500. The van der Waals surface area contributed by atoms with Crippen molar-refractivity contribution in [1.82, 2.24) is 20.3 Å². The topological polar surface area (TPSA) is 159 Å². The molecule has 0 fully saturated rings. The summed E-state index contributed by atoms with van der Waals surface area (Å²) in [4.78, 5) is 63.3. The molecule has 2 atom stereocenters. The largest absolute Gasteiger partial charge is 0.452 e. The number of carbonyl (C=O) groups excluding carboxylic acids is 5. The molecule has 11 nitrogen and oxygen atoms in total. The Hall–Kier alpha value is -3.98. The monoisotopic (exact) mass is 660 g/mol. The Kier molecular flexibility index (Phi) is 12.1. The van der Waals surface area contributed by atoms with Crippen LogP contribution in [0.15, 0.2) is 53.4 Å². The smallest absolute Gasteiger partial charge is 0.344 e. The number of benzene rings is 2. The van der Waals surface area contributed by atoms with Gasteiger partial charge in [0.2, 0.25) is 11.8 Å². The van der Waals surface area contributed by atoms with Gasteiger partial charge in [-0.1, -0.05) is 39.3 Å². The summed E-state index contributed by atoms with van der Waals surface area (Å²) >= 11 is 5.76. The quantitative estimate of drug-likeness (QED) is 0.316. The average Bonchev–Trinajstić information content (AvgIpc) is 2.92. The van der Waals surface area contributed by atoms with E-state index in [-0.39, 0.29) is 16.0 Å². The van der Waals surface area contributed by atoms with Crippen LogP contribution in [0, 0.1) is 11.8 Å². The second-order valence-corrected chi connectivity index (χ2v) is 12.6. The molecule has 3 N–H and O–H groups in total. The van der Waals surface area contributed by atoms with Crippen LogP contribution in [0.5, 0.6) is 0 Å². The van der Waals surface area contributed by atoms with Gasteiger partial charge in [0.25, 0.3) is 27.6 Å². The SMILES string of the molecule is CC(C)C(NC(=O)CN(C)C(=O)[C@@H](NC(=O)c1ccc(C(=O)NS(=O)(=O)c2ccc(Cl)cc2)cc1)C(C)C)C(=O)C(F)(F)F. The zero-order valence-electron chi connectivity index (χ0n) is 24.4. The Morgan fingerprint density at radius 2 is 1.27 bits per heavy atom. The Balaban J connectivity index is 2.07. The molecule has 0 aromatic heterocycles. The summed E-state index contributed by atoms with van der Waals surface area (Å²) < 4.78 is 65.6. The number of rotatable bonds is 12. The minimum Gasteiger partial charge on any atom is -0.344 e. The van der Waals surface area contributed by atoms with Gasteiger partial charge in [0.1, 0.15) is 6.04 Å². The number of hydrogen-bond donors (Lipinski definition) is 3. The lowest BCUT2D eigenvalue weighted by atomic mass is 9.99. The van der Waals surface area contributed by atoms with Gasteiger partial charge in [0.05, 0.1) is 17.5 Å². The van der Waals surface area contributed by atoms with Crippen molar-refractivity contribution in [2.75, 3.05) is 13.6 Å². The summed E-state index contributed by atoms with van der Waals surface area (Å²) in [5.41, 5.74) is -0.0589. The van der Waals surface area contributed by atoms with E-state index in [4.69, 9.17) is 11.6 Å². The molecule has 0 aliphatic carbocycles. The second kappa shape index (κ2) is 14.7. The molecule has 0 spiro atoms. The van der Waals surface area contributed by atoms with Crippen molar-refractivity contribution in [3.63, 3.8) is 0 Å². The predicted octanol–water partition coefficient (Wildman–Crippen LogP) is 2.94. The molecule has 16 heteroatoms. The molecule has 44 heavy (non-hydrogen) atoms. The Morgan fingerprint density at radius 3 is 1.73 bits per heavy atom. The third-order valence-corrected chi connectivity index (χ3v) is 7.88. The number of carbonyl (C=O) groups is 5. The summed E-state index contributed by atoms with van der Waals surface area (Å²) in [6.07, 6.45) is -5.16. The summed E-state index contributed by atoms with van der Waals surface area (Å²) in [6, 6.07) is 7.02. The molecule has 2 rings (SSSR count). The summed E-state index contributed by atoms with van der Waals surface area (Å²) in [7, 11) is -2.99. The van der Waals surface area contributed by atoms with Crippen LogP contribution >= 0.6 is 11.6 Å². The van der Waals surface area contributed by atoms with Crippen LogP contribution in [0.25, 0.3) is 0 Å². The van der Waals surface area contributed by atoms with E-state index in [1.54, 1.807) is 13.8 Å². The zero-order chi connectivity index (χ0) is 33.6. The van der Waals surface area contributed by atoms with Crippen LogP contribution in [0.4, 0.5) is 13.2 Å². The molecular weight excluding hydrogens is 629 g/mol. The van der Waals surface area contributed by atoms with E-state index in [2.05, 4.69) is 5.32 Å². The molecule has 0 aliphatic heterocycles. The predicted molar refractivity (Wildman–Crippen MR) is 154 cm³/mol. The van der Waals surface area contributed by atoms with Gasteiger partial charge < -0.3 is 15.5 Å². The van der Waals surface area contributed by atoms with Gasteiger partial charge in [-0.3, -0.25) is 24.0 Å². The molecule has 0 saturated heterocycles. The van der Waals surface area contributed by atoms with Crippen molar-refractivity contribution in [2.24, 2.45) is 11.8 Å². The lowest BCUT2D eigenvalue weighted by molar-refractivity contribution is -0.175. The van der Waals surface area contributed by atoms with E-state index < -0.39 is 76.1 Å². The van der Waals surface area contributed by atoms with Crippen LogP contribution < -0.4 is 15.4 Å². The zero-order valence-corrected chi connectivity index (χ0v) is 25.9. The van der Waals surface area contributed by atoms with Crippen molar-refractivity contribution >= 4 is 51.0 Å². The molecule has 240 valence electrons. The molecule has 0 bridgehead atoms. The van der Waals surface area contributed by atoms with E-state index >= 15 is 0 Å². The van der Waals surface area contributed by atoms with Crippen LogP contribution in [0.3, 0.4) is 0 Å². The fraction of sp³-hybridized carbons (Fsp3) is 0.393. The van der Waals surface area contributed by atoms with E-state index in [9.17, 15) is 45.6 Å². The van der Waals surface area contributed by atoms with Gasteiger partial charge >= 0.3 is 6.18 Å². The van der Waals surface area contributed by atoms with Crippen molar-refractivity contribution in [3.8, 4) is 0 Å².